The van der Waals surface area contributed by atoms with Crippen LogP contribution in [0, 0.1) is 0 Å². The third-order valence-electron chi connectivity index (χ3n) is 1.70. The van der Waals surface area contributed by atoms with Gasteiger partial charge in [-0.1, -0.05) is 6.07 Å². The molecule has 2 nitrogen and oxygen atoms in total. The summed E-state index contributed by atoms with van der Waals surface area (Å²) >= 11 is 0. The van der Waals surface area contributed by atoms with Crippen molar-refractivity contribution in [3.8, 4) is 0 Å². The molecular weight excluding hydrogens is 150 g/mol. The second-order valence-corrected chi connectivity index (χ2v) is 2.51. The quantitative estimate of drug-likeness (QED) is 0.594. The highest BCUT2D eigenvalue weighted by Gasteiger charge is 1.93. The Morgan fingerprint density at radius 1 is 1.42 bits per heavy atom. The van der Waals surface area contributed by atoms with Crippen molar-refractivity contribution in [1.29, 1.82) is 0 Å². The Morgan fingerprint density at radius 3 is 3.17 bits per heavy atom. The summed E-state index contributed by atoms with van der Waals surface area (Å²) < 4.78 is 7.35. The molecular formula is C10H7NO. The largest absolute Gasteiger partial charge is 0.298 e. The number of carbonyl (C=O) groups is 1. The maximum absolute atomic E-state index is 10.5. The van der Waals surface area contributed by atoms with Gasteiger partial charge in [-0.05, 0) is 24.2 Å². The standard InChI is InChI=1S/C10H7NO/c12-7-8-3-4-10-9(6-8)2-1-5-11-10/h1-7H/i1D. The molecule has 12 heavy (non-hydrogen) atoms. The second-order valence-electron chi connectivity index (χ2n) is 2.51. The lowest BCUT2D eigenvalue weighted by Gasteiger charge is -1.95. The highest BCUT2D eigenvalue weighted by atomic mass is 16.1. The molecule has 0 atom stereocenters. The van der Waals surface area contributed by atoms with Gasteiger partial charge in [0.2, 0.25) is 0 Å². The molecule has 0 bridgehead atoms. The van der Waals surface area contributed by atoms with E-state index in [1.54, 1.807) is 24.3 Å². The third kappa shape index (κ3) is 1.07. The molecule has 0 aliphatic rings. The SMILES string of the molecule is [2H]c1cnc2ccc(C=O)cc2c1. The maximum Gasteiger partial charge on any atom is 0.150 e. The van der Waals surface area contributed by atoms with Gasteiger partial charge < -0.3 is 0 Å². The number of aldehydes is 1. The zero-order chi connectivity index (χ0) is 9.26. The van der Waals surface area contributed by atoms with E-state index in [0.29, 0.717) is 11.6 Å². The van der Waals surface area contributed by atoms with E-state index in [9.17, 15) is 4.79 Å². The first-order valence-electron chi connectivity index (χ1n) is 4.11. The lowest BCUT2D eigenvalue weighted by atomic mass is 10.1. The molecule has 1 heterocycles. The molecule has 2 heteroatoms. The van der Waals surface area contributed by atoms with Crippen LogP contribution in [0.5, 0.6) is 0 Å². The van der Waals surface area contributed by atoms with Crippen molar-refractivity contribution in [3.63, 3.8) is 0 Å². The molecule has 0 unspecified atom stereocenters. The Hall–Kier alpha value is -1.70. The fraction of sp³-hybridized carbons (Fsp3) is 0. The number of rotatable bonds is 1. The molecule has 0 fully saturated rings. The zero-order valence-electron chi connectivity index (χ0n) is 7.32. The molecule has 0 saturated carbocycles. The van der Waals surface area contributed by atoms with Gasteiger partial charge in [0.1, 0.15) is 6.29 Å². The van der Waals surface area contributed by atoms with Crippen LogP contribution in [-0.4, -0.2) is 11.3 Å². The predicted octanol–water partition coefficient (Wildman–Crippen LogP) is 2.05. The van der Waals surface area contributed by atoms with E-state index in [1.807, 2.05) is 0 Å². The number of aromatic nitrogens is 1. The Labute approximate surface area is 71.3 Å². The van der Waals surface area contributed by atoms with Crippen LogP contribution in [0.15, 0.2) is 36.5 Å². The molecule has 0 radical (unpaired) electrons. The topological polar surface area (TPSA) is 30.0 Å². The van der Waals surface area contributed by atoms with Crippen molar-refractivity contribution < 1.29 is 6.17 Å². The van der Waals surface area contributed by atoms with Crippen molar-refractivity contribution in [3.05, 3.63) is 42.1 Å². The number of fused-ring (bicyclic) bond motifs is 1. The van der Waals surface area contributed by atoms with E-state index >= 15 is 0 Å². The van der Waals surface area contributed by atoms with E-state index < -0.39 is 0 Å². The van der Waals surface area contributed by atoms with Crippen molar-refractivity contribution in [1.82, 2.24) is 4.98 Å². The fourth-order valence-corrected chi connectivity index (χ4v) is 1.11. The highest BCUT2D eigenvalue weighted by Crippen LogP contribution is 2.11. The predicted molar refractivity (Wildman–Crippen MR) is 47.1 cm³/mol. The number of hydrogen-bond acceptors (Lipinski definition) is 2. The van der Waals surface area contributed by atoms with Gasteiger partial charge in [-0.3, -0.25) is 9.78 Å². The number of pyridine rings is 1. The lowest BCUT2D eigenvalue weighted by Crippen LogP contribution is -1.81. The van der Waals surface area contributed by atoms with E-state index in [4.69, 9.17) is 1.37 Å². The molecule has 0 amide bonds. The zero-order valence-corrected chi connectivity index (χ0v) is 6.32. The lowest BCUT2D eigenvalue weighted by molar-refractivity contribution is 0.112. The van der Waals surface area contributed by atoms with Crippen LogP contribution in [0.3, 0.4) is 0 Å². The van der Waals surface area contributed by atoms with Crippen LogP contribution < -0.4 is 0 Å². The number of carbonyl (C=O) groups excluding carboxylic acids is 1. The van der Waals surface area contributed by atoms with Crippen molar-refractivity contribution in [2.45, 2.75) is 0 Å². The van der Waals surface area contributed by atoms with Crippen LogP contribution in [0.4, 0.5) is 0 Å². The minimum absolute atomic E-state index is 0.357. The minimum Gasteiger partial charge on any atom is -0.298 e. The number of hydrogen-bond donors (Lipinski definition) is 0. The maximum atomic E-state index is 10.5. The number of nitrogens with zero attached hydrogens (tertiary/aromatic N) is 1. The molecule has 2 rings (SSSR count). The summed E-state index contributed by atoms with van der Waals surface area (Å²) in [6, 6.07) is 7.27. The minimum atomic E-state index is 0.357. The van der Waals surface area contributed by atoms with Gasteiger partial charge >= 0.3 is 0 Å². The summed E-state index contributed by atoms with van der Waals surface area (Å²) in [5.74, 6) is 0. The fourth-order valence-electron chi connectivity index (χ4n) is 1.11. The van der Waals surface area contributed by atoms with Gasteiger partial charge in [-0.15, -0.1) is 0 Å². The van der Waals surface area contributed by atoms with E-state index in [0.717, 1.165) is 17.2 Å². The van der Waals surface area contributed by atoms with Gasteiger partial charge in [-0.25, -0.2) is 0 Å². The van der Waals surface area contributed by atoms with Crippen LogP contribution >= 0.6 is 0 Å². The molecule has 58 valence electrons. The second kappa shape index (κ2) is 2.74. The Bertz CT molecular complexity index is 467. The average Bonchev–Trinajstić information content (AvgIpc) is 2.16. The Morgan fingerprint density at radius 2 is 2.33 bits per heavy atom. The summed E-state index contributed by atoms with van der Waals surface area (Å²) in [7, 11) is 0. The smallest absolute Gasteiger partial charge is 0.150 e. The van der Waals surface area contributed by atoms with Crippen LogP contribution in [0.1, 0.15) is 11.7 Å². The molecule has 1 aromatic carbocycles. The normalized spacial score (nSPS) is 11.2. The van der Waals surface area contributed by atoms with Crippen LogP contribution in [0.25, 0.3) is 10.9 Å². The first kappa shape index (κ1) is 5.89. The summed E-state index contributed by atoms with van der Waals surface area (Å²) in [5.41, 5.74) is 1.42. The van der Waals surface area contributed by atoms with Gasteiger partial charge in [0.25, 0.3) is 0 Å². The van der Waals surface area contributed by atoms with Gasteiger partial charge in [0.05, 0.1) is 6.89 Å². The molecule has 0 aliphatic carbocycles. The molecule has 0 N–H and O–H groups in total. The van der Waals surface area contributed by atoms with E-state index in [-0.39, 0.29) is 0 Å². The van der Waals surface area contributed by atoms with Gasteiger partial charge in [-0.2, -0.15) is 0 Å². The first-order valence-corrected chi connectivity index (χ1v) is 3.61. The van der Waals surface area contributed by atoms with Gasteiger partial charge in [0, 0.05) is 17.1 Å². The molecule has 2 aromatic rings. The third-order valence-corrected chi connectivity index (χ3v) is 1.70. The van der Waals surface area contributed by atoms with Gasteiger partial charge in [0.15, 0.2) is 0 Å². The van der Waals surface area contributed by atoms with E-state index in [1.165, 1.54) is 6.20 Å². The molecule has 0 saturated heterocycles. The highest BCUT2D eigenvalue weighted by molar-refractivity contribution is 5.86. The van der Waals surface area contributed by atoms with Crippen LogP contribution in [-0.2, 0) is 0 Å². The number of benzene rings is 1. The Kier molecular flexibility index (Phi) is 1.34. The average molecular weight is 158 g/mol. The molecule has 0 spiro atoms. The first-order chi connectivity index (χ1) is 6.29. The van der Waals surface area contributed by atoms with Crippen molar-refractivity contribution in [2.24, 2.45) is 0 Å². The Balaban J connectivity index is 2.74. The molecule has 1 aromatic heterocycles. The van der Waals surface area contributed by atoms with Crippen molar-refractivity contribution in [2.75, 3.05) is 0 Å². The van der Waals surface area contributed by atoms with Crippen LogP contribution in [0.2, 0.25) is 0 Å². The molecule has 0 aliphatic heterocycles. The summed E-state index contributed by atoms with van der Waals surface area (Å²) in [6.07, 6.45) is 2.28. The summed E-state index contributed by atoms with van der Waals surface area (Å²) in [5, 5.41) is 0.831. The van der Waals surface area contributed by atoms with Crippen molar-refractivity contribution >= 4 is 17.2 Å². The van der Waals surface area contributed by atoms with E-state index in [2.05, 4.69) is 4.98 Å². The summed E-state index contributed by atoms with van der Waals surface area (Å²) in [6.45, 7) is 0. The summed E-state index contributed by atoms with van der Waals surface area (Å²) in [4.78, 5) is 14.5. The monoisotopic (exact) mass is 158 g/mol.